The van der Waals surface area contributed by atoms with E-state index < -0.39 is 0 Å². The van der Waals surface area contributed by atoms with Gasteiger partial charge in [0.05, 0.1) is 0 Å². The molecular formula is C19H35N. The van der Waals surface area contributed by atoms with Crippen molar-refractivity contribution in [3.63, 3.8) is 0 Å². The minimum absolute atomic E-state index is 0.603. The summed E-state index contributed by atoms with van der Waals surface area (Å²) >= 11 is 0. The highest BCUT2D eigenvalue weighted by atomic mass is 14.9. The fourth-order valence-corrected chi connectivity index (χ4v) is 7.70. The minimum atomic E-state index is 0.603. The SMILES string of the molecule is CCCC(C)C(NC)C12CC3CC(C)(CC(C)(C3)C1)C2. The molecule has 4 aliphatic carbocycles. The van der Waals surface area contributed by atoms with Gasteiger partial charge in [-0.1, -0.05) is 34.1 Å². The van der Waals surface area contributed by atoms with Crippen LogP contribution >= 0.6 is 0 Å². The van der Waals surface area contributed by atoms with E-state index in [2.05, 4.69) is 40.1 Å². The van der Waals surface area contributed by atoms with Crippen LogP contribution in [0.25, 0.3) is 0 Å². The maximum Gasteiger partial charge on any atom is 0.0147 e. The standard InChI is InChI=1S/C19H35N/c1-6-7-14(2)16(20-5)19-10-15-8-17(3,12-19)11-18(4,9-15)13-19/h14-16,20H,6-13H2,1-5H3. The maximum absolute atomic E-state index is 3.78. The molecule has 0 aliphatic heterocycles. The lowest BCUT2D eigenvalue weighted by molar-refractivity contribution is -0.163. The van der Waals surface area contributed by atoms with Gasteiger partial charge in [0, 0.05) is 6.04 Å². The Hall–Kier alpha value is -0.0400. The van der Waals surface area contributed by atoms with Crippen LogP contribution in [-0.2, 0) is 0 Å². The molecule has 0 saturated heterocycles. The molecule has 4 saturated carbocycles. The third kappa shape index (κ3) is 2.25. The molecule has 0 aromatic carbocycles. The van der Waals surface area contributed by atoms with Crippen molar-refractivity contribution in [2.45, 2.75) is 85.1 Å². The Morgan fingerprint density at radius 3 is 2.10 bits per heavy atom. The molecule has 1 heteroatoms. The molecule has 4 bridgehead atoms. The lowest BCUT2D eigenvalue weighted by Gasteiger charge is -2.68. The summed E-state index contributed by atoms with van der Waals surface area (Å²) in [5.74, 6) is 1.85. The monoisotopic (exact) mass is 277 g/mol. The normalized spacial score (nSPS) is 49.4. The highest BCUT2D eigenvalue weighted by Gasteiger charge is 2.62. The smallest absolute Gasteiger partial charge is 0.0147 e. The molecule has 4 fully saturated rings. The summed E-state index contributed by atoms with van der Waals surface area (Å²) < 4.78 is 0. The van der Waals surface area contributed by atoms with Gasteiger partial charge in [0.1, 0.15) is 0 Å². The van der Waals surface area contributed by atoms with Crippen molar-refractivity contribution in [1.82, 2.24) is 5.32 Å². The first-order valence-corrected chi connectivity index (χ1v) is 9.01. The van der Waals surface area contributed by atoms with E-state index in [9.17, 15) is 0 Å². The highest BCUT2D eigenvalue weighted by Crippen LogP contribution is 2.70. The van der Waals surface area contributed by atoms with Crippen LogP contribution in [0, 0.1) is 28.1 Å². The van der Waals surface area contributed by atoms with Crippen molar-refractivity contribution in [3.05, 3.63) is 0 Å². The average Bonchev–Trinajstić information content (AvgIpc) is 2.24. The zero-order chi connectivity index (χ0) is 14.6. The second-order valence-electron chi connectivity index (χ2n) is 9.52. The average molecular weight is 277 g/mol. The van der Waals surface area contributed by atoms with Gasteiger partial charge in [-0.05, 0) is 80.1 Å². The molecule has 116 valence electrons. The first-order chi connectivity index (χ1) is 9.34. The molecule has 0 radical (unpaired) electrons. The van der Waals surface area contributed by atoms with Crippen molar-refractivity contribution < 1.29 is 0 Å². The van der Waals surface area contributed by atoms with Crippen molar-refractivity contribution in [3.8, 4) is 0 Å². The topological polar surface area (TPSA) is 12.0 Å². The van der Waals surface area contributed by atoms with Crippen molar-refractivity contribution in [1.29, 1.82) is 0 Å². The molecule has 0 aromatic rings. The number of hydrogen-bond acceptors (Lipinski definition) is 1. The third-order valence-corrected chi connectivity index (χ3v) is 6.95. The van der Waals surface area contributed by atoms with E-state index in [1.807, 2.05) is 0 Å². The van der Waals surface area contributed by atoms with Gasteiger partial charge in [-0.25, -0.2) is 0 Å². The Bertz CT molecular complexity index is 356. The Kier molecular flexibility index (Phi) is 3.52. The van der Waals surface area contributed by atoms with Gasteiger partial charge in [0.25, 0.3) is 0 Å². The van der Waals surface area contributed by atoms with E-state index in [0.29, 0.717) is 16.2 Å². The van der Waals surface area contributed by atoms with Gasteiger partial charge >= 0.3 is 0 Å². The molecule has 4 rings (SSSR count). The van der Waals surface area contributed by atoms with Gasteiger partial charge in [-0.3, -0.25) is 0 Å². The van der Waals surface area contributed by atoms with Crippen LogP contribution in [0.15, 0.2) is 0 Å². The molecule has 20 heavy (non-hydrogen) atoms. The highest BCUT2D eigenvalue weighted by molar-refractivity contribution is 5.13. The Morgan fingerprint density at radius 1 is 1.05 bits per heavy atom. The molecule has 4 unspecified atom stereocenters. The third-order valence-electron chi connectivity index (χ3n) is 6.95. The largest absolute Gasteiger partial charge is 0.316 e. The van der Waals surface area contributed by atoms with Gasteiger partial charge in [-0.15, -0.1) is 0 Å². The van der Waals surface area contributed by atoms with E-state index in [4.69, 9.17) is 0 Å². The molecule has 1 nitrogen and oxygen atoms in total. The molecule has 4 aliphatic rings. The zero-order valence-electron chi connectivity index (χ0n) is 14.4. The Labute approximate surface area is 126 Å². The van der Waals surface area contributed by atoms with Crippen LogP contribution in [-0.4, -0.2) is 13.1 Å². The predicted molar refractivity (Wildman–Crippen MR) is 86.8 cm³/mol. The van der Waals surface area contributed by atoms with Gasteiger partial charge in [0.15, 0.2) is 0 Å². The van der Waals surface area contributed by atoms with Crippen LogP contribution < -0.4 is 5.32 Å². The molecule has 4 atom stereocenters. The van der Waals surface area contributed by atoms with E-state index in [1.165, 1.54) is 51.4 Å². The first kappa shape index (κ1) is 14.9. The van der Waals surface area contributed by atoms with E-state index in [-0.39, 0.29) is 0 Å². The maximum atomic E-state index is 3.78. The molecule has 1 N–H and O–H groups in total. The lowest BCUT2D eigenvalue weighted by Crippen LogP contribution is -2.62. The number of hydrogen-bond donors (Lipinski definition) is 1. The molecule has 0 spiro atoms. The van der Waals surface area contributed by atoms with Crippen LogP contribution in [0.1, 0.15) is 79.1 Å². The molecule has 0 amide bonds. The van der Waals surface area contributed by atoms with E-state index >= 15 is 0 Å². The van der Waals surface area contributed by atoms with Crippen molar-refractivity contribution >= 4 is 0 Å². The summed E-state index contributed by atoms with van der Waals surface area (Å²) in [5, 5.41) is 3.78. The molecule has 0 aromatic heterocycles. The van der Waals surface area contributed by atoms with Crippen LogP contribution in [0.5, 0.6) is 0 Å². The summed E-state index contributed by atoms with van der Waals surface area (Å²) in [6, 6.07) is 0.740. The van der Waals surface area contributed by atoms with Crippen molar-refractivity contribution in [2.24, 2.45) is 28.1 Å². The summed E-state index contributed by atoms with van der Waals surface area (Å²) in [6.45, 7) is 10.0. The zero-order valence-corrected chi connectivity index (χ0v) is 14.4. The lowest BCUT2D eigenvalue weighted by atomic mass is 9.38. The quantitative estimate of drug-likeness (QED) is 0.745. The van der Waals surface area contributed by atoms with Crippen LogP contribution in [0.4, 0.5) is 0 Å². The Morgan fingerprint density at radius 2 is 1.65 bits per heavy atom. The second-order valence-corrected chi connectivity index (χ2v) is 9.52. The Balaban J connectivity index is 1.91. The van der Waals surface area contributed by atoms with Gasteiger partial charge in [0.2, 0.25) is 0 Å². The molecule has 0 heterocycles. The van der Waals surface area contributed by atoms with E-state index in [0.717, 1.165) is 17.9 Å². The number of rotatable bonds is 5. The summed E-state index contributed by atoms with van der Waals surface area (Å²) in [7, 11) is 2.22. The van der Waals surface area contributed by atoms with Gasteiger partial charge < -0.3 is 5.32 Å². The molecular weight excluding hydrogens is 242 g/mol. The number of nitrogens with one attached hydrogen (secondary N) is 1. The fourth-order valence-electron chi connectivity index (χ4n) is 7.70. The van der Waals surface area contributed by atoms with Crippen molar-refractivity contribution in [2.75, 3.05) is 7.05 Å². The van der Waals surface area contributed by atoms with Crippen LogP contribution in [0.3, 0.4) is 0 Å². The summed E-state index contributed by atoms with van der Waals surface area (Å²) in [4.78, 5) is 0. The summed E-state index contributed by atoms with van der Waals surface area (Å²) in [5.41, 5.74) is 1.90. The predicted octanol–water partition coefficient (Wildman–Crippen LogP) is 5.01. The minimum Gasteiger partial charge on any atom is -0.316 e. The van der Waals surface area contributed by atoms with Gasteiger partial charge in [-0.2, -0.15) is 0 Å². The van der Waals surface area contributed by atoms with Crippen LogP contribution in [0.2, 0.25) is 0 Å². The first-order valence-electron chi connectivity index (χ1n) is 9.01. The summed E-state index contributed by atoms with van der Waals surface area (Å²) in [6.07, 6.45) is 11.7. The second kappa shape index (κ2) is 4.73. The fraction of sp³-hybridized carbons (Fsp3) is 1.00. The van der Waals surface area contributed by atoms with E-state index in [1.54, 1.807) is 0 Å².